The van der Waals surface area contributed by atoms with E-state index in [4.69, 9.17) is 29.3 Å². The van der Waals surface area contributed by atoms with Crippen molar-refractivity contribution in [1.29, 1.82) is 0 Å². The van der Waals surface area contributed by atoms with Crippen LogP contribution >= 0.6 is 12.4 Å². The van der Waals surface area contributed by atoms with Gasteiger partial charge in [0.25, 0.3) is 11.8 Å². The highest BCUT2D eigenvalue weighted by Gasteiger charge is 2.48. The smallest absolute Gasteiger partial charge is 0.416 e. The molecule has 6 aliphatic rings. The molecule has 0 bridgehead atoms. The number of nitrogens with one attached hydrogen (secondary N) is 5. The Hall–Kier alpha value is -10.4. The number of ketones is 2. The minimum Gasteiger partial charge on any atom is -0.461 e. The second-order valence-corrected chi connectivity index (χ2v) is 32.0. The Bertz CT molecular complexity index is 4540. The second-order valence-electron chi connectivity index (χ2n) is 32.0. The van der Waals surface area contributed by atoms with Crippen LogP contribution in [0.25, 0.3) is 22.6 Å². The van der Waals surface area contributed by atoms with Crippen LogP contribution < -0.4 is 37.7 Å². The van der Waals surface area contributed by atoms with E-state index in [1.807, 2.05) is 13.0 Å². The third-order valence-corrected chi connectivity index (χ3v) is 22.0. The number of halogens is 4. The number of carbonyl (C=O) groups excluding carboxylic acids is 13. The third kappa shape index (κ3) is 21.4. The van der Waals surface area contributed by atoms with Crippen molar-refractivity contribution < 1.29 is 94.1 Å². The monoisotopic (exact) mass is 1640 g/mol. The molecule has 3 aliphatic carbocycles. The van der Waals surface area contributed by atoms with E-state index in [2.05, 4.69) is 26.6 Å². The number of amides is 8. The lowest BCUT2D eigenvalue weighted by molar-refractivity contribution is -0.163. The lowest BCUT2D eigenvalue weighted by Crippen LogP contribution is -2.59. The number of nitrogen functional groups attached to an aromatic ring is 1. The summed E-state index contributed by atoms with van der Waals surface area (Å²) >= 11 is 0. The molecule has 33 heteroatoms. The second kappa shape index (κ2) is 39.5. The molecule has 8 amide bonds. The number of rotatable bonds is 15. The first-order valence-electron chi connectivity index (χ1n) is 39.0. The predicted molar refractivity (Wildman–Crippen MR) is 424 cm³/mol. The van der Waals surface area contributed by atoms with Crippen molar-refractivity contribution in [2.24, 2.45) is 47.3 Å². The number of aryl methyl sites for hydroxylation is 1. The average molecular weight is 1640 g/mol. The maximum atomic E-state index is 15.2. The zero-order valence-electron chi connectivity index (χ0n) is 68.6. The molecular formula is C83H109ClF3N11O18. The lowest BCUT2D eigenvalue weighted by atomic mass is 9.83. The number of cyclic esters (lactones) is 2. The number of ether oxygens (including phenoxy) is 3. The van der Waals surface area contributed by atoms with Gasteiger partial charge in [0.15, 0.2) is 22.9 Å². The fourth-order valence-corrected chi connectivity index (χ4v) is 15.6. The number of esters is 3. The number of benzene rings is 4. The molecule has 13 unspecified atom stereocenters. The molecule has 632 valence electrons. The molecule has 0 aromatic heterocycles. The van der Waals surface area contributed by atoms with Gasteiger partial charge >= 0.3 is 24.1 Å². The van der Waals surface area contributed by atoms with Crippen molar-refractivity contribution >= 4 is 106 Å². The van der Waals surface area contributed by atoms with Crippen LogP contribution in [-0.2, 0) is 74.8 Å². The summed E-state index contributed by atoms with van der Waals surface area (Å²) in [5.41, 5.74) is 4.12. The first kappa shape index (κ1) is 92.8. The number of nitrogens with zero attached hydrogens (tertiary/aromatic N) is 5. The maximum absolute atomic E-state index is 15.2. The number of carbonyl (C=O) groups is 13. The number of hydrogen-bond acceptors (Lipinski definition) is 21. The number of Topliss-reactive ketones (excluding diaryl/α,β-unsaturated/α-hetero) is 2. The summed E-state index contributed by atoms with van der Waals surface area (Å²) in [6, 6.07) is 8.21. The summed E-state index contributed by atoms with van der Waals surface area (Å²) in [5, 5.41) is 13.9. The Morgan fingerprint density at radius 2 is 1.10 bits per heavy atom. The van der Waals surface area contributed by atoms with Gasteiger partial charge in [-0.3, -0.25) is 52.7 Å². The number of hydrogen-bond donors (Lipinski definition) is 6. The molecule has 3 heterocycles. The van der Waals surface area contributed by atoms with E-state index < -0.39 is 214 Å². The van der Waals surface area contributed by atoms with E-state index in [-0.39, 0.29) is 58.7 Å². The number of anilines is 1. The minimum atomic E-state index is -4.34. The van der Waals surface area contributed by atoms with Gasteiger partial charge in [-0.1, -0.05) is 111 Å². The van der Waals surface area contributed by atoms with Crippen LogP contribution in [0.4, 0.5) is 18.9 Å². The van der Waals surface area contributed by atoms with E-state index in [1.54, 1.807) is 92.6 Å². The van der Waals surface area contributed by atoms with Gasteiger partial charge in [-0.15, -0.1) is 12.4 Å². The Morgan fingerprint density at radius 3 is 1.57 bits per heavy atom. The molecule has 3 aromatic carbocycles. The van der Waals surface area contributed by atoms with Crippen LogP contribution in [0, 0.1) is 61.2 Å². The predicted octanol–water partition coefficient (Wildman–Crippen LogP) is 7.22. The van der Waals surface area contributed by atoms with Crippen LogP contribution in [0.3, 0.4) is 0 Å². The van der Waals surface area contributed by atoms with Gasteiger partial charge in [-0.25, -0.2) is 19.4 Å². The third-order valence-electron chi connectivity index (χ3n) is 22.0. The van der Waals surface area contributed by atoms with E-state index in [0.29, 0.717) is 68.2 Å². The summed E-state index contributed by atoms with van der Waals surface area (Å²) in [7, 11) is 5.66. The molecule has 7 N–H and O–H groups in total. The van der Waals surface area contributed by atoms with Crippen LogP contribution in [0.5, 0.6) is 0 Å². The molecule has 0 spiro atoms. The topological polar surface area (TPSA) is 392 Å². The van der Waals surface area contributed by atoms with Gasteiger partial charge < -0.3 is 70.5 Å². The lowest BCUT2D eigenvalue weighted by Gasteiger charge is -2.35. The Kier molecular flexibility index (Phi) is 31.6. The summed E-state index contributed by atoms with van der Waals surface area (Å²) in [6.07, 6.45) is -4.53. The minimum absolute atomic E-state index is 0. The van der Waals surface area contributed by atoms with Crippen LogP contribution in [0.1, 0.15) is 168 Å². The van der Waals surface area contributed by atoms with Crippen LogP contribution in [0.15, 0.2) is 75.9 Å². The largest absolute Gasteiger partial charge is 0.461 e. The standard InChI is InChI=1S/C64H88N10O16.C19H20F3NO2.ClH/c1-27(2)44-53(78)35-19-17-21-37(35)61(84)71(13)25-40(75)73(15)50(29(5)6)63(86)88-33(11)46(59(82)67-44)69-57(80)39-24-23-31(9)55-48(39)66-49-42(43(65)52(77)32(10)56(49)90-55)58(81)70-47-34(12)89-64(87)51(30(7)8)74(16)41(76)26-72(14)62(85)38-22-18-20-36(38)54(79)45(28(3)4)68-60(47)83;1-14(12-15-6-5-9-17(13-15)19(20,21)22)23-10-11-25-18(24)16-7-3-2-4-8-16;/h23-24,27-30,33-38,44-47,50-51H,17-22,25-26,65H2,1-16H3,(H,67,82)(H,68,83)(H,69,80)(H,70,81);2-9,13-14,23H,10-12H2,1H3;1H. The van der Waals surface area contributed by atoms with E-state index in [0.717, 1.165) is 21.9 Å². The maximum Gasteiger partial charge on any atom is 0.416 e. The number of fused-ring (bicyclic) bond motifs is 4. The van der Waals surface area contributed by atoms with Crippen LogP contribution in [0.2, 0.25) is 0 Å². The summed E-state index contributed by atoms with van der Waals surface area (Å²) < 4.78 is 61.6. The van der Waals surface area contributed by atoms with Gasteiger partial charge in [0, 0.05) is 70.0 Å². The van der Waals surface area contributed by atoms with Gasteiger partial charge in [0.1, 0.15) is 54.2 Å². The number of aromatic nitrogens is 1. The molecule has 9 rings (SSSR count). The van der Waals surface area contributed by atoms with Crippen molar-refractivity contribution in [2.75, 3.05) is 60.2 Å². The zero-order chi connectivity index (χ0) is 85.3. The normalized spacial score (nSPS) is 24.3. The van der Waals surface area contributed by atoms with Crippen molar-refractivity contribution in [2.45, 2.75) is 196 Å². The van der Waals surface area contributed by atoms with E-state index in [9.17, 15) is 70.7 Å². The van der Waals surface area contributed by atoms with Gasteiger partial charge in [-0.05, 0) is 126 Å². The van der Waals surface area contributed by atoms with E-state index in [1.165, 1.54) is 77.0 Å². The zero-order valence-corrected chi connectivity index (χ0v) is 69.5. The number of alkyl halides is 3. The molecule has 0 radical (unpaired) electrons. The van der Waals surface area contributed by atoms with Crippen molar-refractivity contribution in [1.82, 2.24) is 51.2 Å². The fraction of sp³-hybridized carbons (Fsp3) is 0.554. The molecular weight excluding hydrogens is 1530 g/mol. The number of likely N-dealkylation sites (N-methyl/N-ethyl adjacent to an activating group) is 4. The molecule has 2 saturated carbocycles. The Morgan fingerprint density at radius 1 is 0.629 bits per heavy atom. The summed E-state index contributed by atoms with van der Waals surface area (Å²) in [5.74, 6) is -15.3. The molecule has 2 saturated heterocycles. The van der Waals surface area contributed by atoms with Crippen molar-refractivity contribution in [3.05, 3.63) is 116 Å². The molecule has 116 heavy (non-hydrogen) atoms. The molecule has 13 atom stereocenters. The quantitative estimate of drug-likeness (QED) is 0.0198. The summed E-state index contributed by atoms with van der Waals surface area (Å²) in [4.78, 5) is 209. The highest BCUT2D eigenvalue weighted by atomic mass is 35.5. The molecule has 3 aliphatic heterocycles. The first-order chi connectivity index (χ1) is 54.0. The van der Waals surface area contributed by atoms with Gasteiger partial charge in [0.05, 0.1) is 53.1 Å². The fourth-order valence-electron chi connectivity index (χ4n) is 15.6. The highest BCUT2D eigenvalue weighted by Crippen LogP contribution is 2.39. The van der Waals surface area contributed by atoms with Crippen LogP contribution in [-0.4, -0.2) is 210 Å². The highest BCUT2D eigenvalue weighted by molar-refractivity contribution is 6.11. The number of nitrogens with two attached hydrogens (primary N) is 1. The van der Waals surface area contributed by atoms with Gasteiger partial charge in [0.2, 0.25) is 40.9 Å². The van der Waals surface area contributed by atoms with Gasteiger partial charge in [-0.2, -0.15) is 13.2 Å². The SMILES string of the molecule is CC(Cc1cccc(C(F)(F)F)c1)NCCOC(=O)c1ccccc1.Cc1c2oc3c(C)ccc(C(=O)NC4C(=O)NC(C(C)C)C(=O)C5CCCC5C(=O)N(C)CC(=O)N(C)C(C(C)C)C(=O)OC4C)c3nc-2c(C(=O)NC2C(=O)NC(C(C)C)C(=O)C3CCCC3C(=O)N(C)CC(=O)N(C)C(C(C)C)C(=O)OC2C)c(N)c1=O.Cl. The van der Waals surface area contributed by atoms with Crippen molar-refractivity contribution in [3.63, 3.8) is 0 Å². The molecule has 4 fully saturated rings. The van der Waals surface area contributed by atoms with E-state index >= 15 is 9.59 Å². The average Bonchev–Trinajstić information content (AvgIpc) is 0.819. The summed E-state index contributed by atoms with van der Waals surface area (Å²) in [6.45, 7) is 20.8. The molecule has 3 aromatic rings. The molecule has 29 nitrogen and oxygen atoms in total. The first-order valence-corrected chi connectivity index (χ1v) is 39.0. The Balaban J connectivity index is 0.000000607. The van der Waals surface area contributed by atoms with Crippen molar-refractivity contribution in [3.8, 4) is 11.5 Å². The Labute approximate surface area is 678 Å².